The second-order valence-corrected chi connectivity index (χ2v) is 2.22. The van der Waals surface area contributed by atoms with Gasteiger partial charge in [-0.3, -0.25) is 0 Å². The van der Waals surface area contributed by atoms with Crippen LogP contribution in [0.15, 0.2) is 0 Å². The molecule has 0 saturated carbocycles. The Morgan fingerprint density at radius 2 is 1.18 bits per heavy atom. The van der Waals surface area contributed by atoms with E-state index in [9.17, 15) is 0 Å². The van der Waals surface area contributed by atoms with E-state index in [4.69, 9.17) is 21.7 Å². The van der Waals surface area contributed by atoms with Gasteiger partial charge in [-0.15, -0.1) is 24.8 Å². The molecule has 0 aromatic heterocycles. The lowest BCUT2D eigenvalue weighted by Crippen LogP contribution is -2.44. The molecule has 4 nitrogen and oxygen atoms in total. The van der Waals surface area contributed by atoms with Gasteiger partial charge in [0, 0.05) is 18.5 Å². The SMILES string of the molecule is Cl.Cl.NCC(CN)(CO)CO. The van der Waals surface area contributed by atoms with Gasteiger partial charge in [0.1, 0.15) is 0 Å². The molecule has 0 fully saturated rings. The van der Waals surface area contributed by atoms with Crippen LogP contribution < -0.4 is 11.5 Å². The smallest absolute Gasteiger partial charge is 0.0533 e. The molecule has 6 heteroatoms. The predicted molar refractivity (Wildman–Crippen MR) is 49.2 cm³/mol. The highest BCUT2D eigenvalue weighted by Crippen LogP contribution is 2.09. The van der Waals surface area contributed by atoms with Gasteiger partial charge in [0.05, 0.1) is 13.2 Å². The van der Waals surface area contributed by atoms with Gasteiger partial charge in [0.2, 0.25) is 0 Å². The fourth-order valence-electron chi connectivity index (χ4n) is 0.392. The summed E-state index contributed by atoms with van der Waals surface area (Å²) in [4.78, 5) is 0. The van der Waals surface area contributed by atoms with Gasteiger partial charge in [0.15, 0.2) is 0 Å². The summed E-state index contributed by atoms with van der Waals surface area (Å²) in [6.45, 7) is 0.125. The molecule has 11 heavy (non-hydrogen) atoms. The van der Waals surface area contributed by atoms with E-state index in [1.54, 1.807) is 0 Å². The van der Waals surface area contributed by atoms with E-state index in [2.05, 4.69) is 0 Å². The van der Waals surface area contributed by atoms with E-state index < -0.39 is 5.41 Å². The summed E-state index contributed by atoms with van der Waals surface area (Å²) in [6.07, 6.45) is 0. The summed E-state index contributed by atoms with van der Waals surface area (Å²) >= 11 is 0. The Balaban J connectivity index is -0.000000320. The Labute approximate surface area is 78.8 Å². The van der Waals surface area contributed by atoms with Crippen LogP contribution in [-0.4, -0.2) is 36.5 Å². The van der Waals surface area contributed by atoms with Crippen molar-refractivity contribution in [1.29, 1.82) is 0 Å². The first-order valence-electron chi connectivity index (χ1n) is 2.86. The van der Waals surface area contributed by atoms with Crippen molar-refractivity contribution < 1.29 is 10.2 Å². The molecule has 72 valence electrons. The quantitative estimate of drug-likeness (QED) is 0.462. The molecule has 0 rings (SSSR count). The van der Waals surface area contributed by atoms with Crippen LogP contribution in [0.2, 0.25) is 0 Å². The van der Waals surface area contributed by atoms with Crippen LogP contribution in [0.25, 0.3) is 0 Å². The highest BCUT2D eigenvalue weighted by molar-refractivity contribution is 5.85. The van der Waals surface area contributed by atoms with Crippen LogP contribution in [0.3, 0.4) is 0 Å². The normalized spacial score (nSPS) is 9.82. The number of rotatable bonds is 4. The number of hydrogen-bond acceptors (Lipinski definition) is 4. The highest BCUT2D eigenvalue weighted by atomic mass is 35.5. The van der Waals surface area contributed by atoms with Crippen LogP contribution in [-0.2, 0) is 0 Å². The summed E-state index contributed by atoms with van der Waals surface area (Å²) in [6, 6.07) is 0. The Hall–Kier alpha value is 0.420. The number of aliphatic hydroxyl groups is 2. The summed E-state index contributed by atoms with van der Waals surface area (Å²) in [5, 5.41) is 17.3. The molecule has 0 aliphatic rings. The Morgan fingerprint density at radius 1 is 0.909 bits per heavy atom. The first-order chi connectivity index (χ1) is 4.24. The van der Waals surface area contributed by atoms with E-state index in [1.807, 2.05) is 0 Å². The standard InChI is InChI=1S/C5H14N2O2.2ClH/c6-1-5(2-7,3-8)4-9;;/h8-9H,1-4,6-7H2;2*1H. The summed E-state index contributed by atoms with van der Waals surface area (Å²) < 4.78 is 0. The predicted octanol–water partition coefficient (Wildman–Crippen LogP) is -1.28. The third kappa shape index (κ3) is 4.79. The van der Waals surface area contributed by atoms with Crippen LogP contribution in [0.4, 0.5) is 0 Å². The molecule has 0 spiro atoms. The zero-order valence-electron chi connectivity index (χ0n) is 6.19. The molecule has 0 bridgehead atoms. The minimum atomic E-state index is -0.667. The zero-order valence-corrected chi connectivity index (χ0v) is 7.83. The zero-order chi connectivity index (χ0) is 7.33. The highest BCUT2D eigenvalue weighted by Gasteiger charge is 2.24. The molecule has 0 radical (unpaired) electrons. The molecule has 0 saturated heterocycles. The fraction of sp³-hybridized carbons (Fsp3) is 1.00. The van der Waals surface area contributed by atoms with Gasteiger partial charge in [0.25, 0.3) is 0 Å². The molecule has 0 amide bonds. The molecule has 0 heterocycles. The Bertz CT molecular complexity index is 63.4. The maximum Gasteiger partial charge on any atom is 0.0533 e. The minimum absolute atomic E-state index is 0. The lowest BCUT2D eigenvalue weighted by atomic mass is 9.91. The second kappa shape index (κ2) is 8.52. The summed E-state index contributed by atoms with van der Waals surface area (Å²) in [5.41, 5.74) is 9.81. The van der Waals surface area contributed by atoms with E-state index in [0.29, 0.717) is 0 Å². The average molecular weight is 207 g/mol. The molecule has 0 aromatic rings. The molecule has 0 unspecified atom stereocenters. The van der Waals surface area contributed by atoms with Crippen molar-refractivity contribution >= 4 is 24.8 Å². The van der Waals surface area contributed by atoms with Crippen molar-refractivity contribution in [2.45, 2.75) is 0 Å². The molecule has 0 aliphatic heterocycles. The monoisotopic (exact) mass is 206 g/mol. The van der Waals surface area contributed by atoms with Crippen LogP contribution in [0, 0.1) is 5.41 Å². The van der Waals surface area contributed by atoms with Gasteiger partial charge >= 0.3 is 0 Å². The maximum atomic E-state index is 8.66. The van der Waals surface area contributed by atoms with Crippen LogP contribution in [0.5, 0.6) is 0 Å². The molecular formula is C5H16Cl2N2O2. The second-order valence-electron chi connectivity index (χ2n) is 2.22. The Kier molecular flexibility index (Phi) is 13.5. The molecule has 0 atom stereocenters. The molecule has 0 aliphatic carbocycles. The maximum absolute atomic E-state index is 8.66. The van der Waals surface area contributed by atoms with Crippen molar-refractivity contribution in [3.8, 4) is 0 Å². The fourth-order valence-corrected chi connectivity index (χ4v) is 0.392. The van der Waals surface area contributed by atoms with E-state index >= 15 is 0 Å². The van der Waals surface area contributed by atoms with Crippen molar-refractivity contribution in [2.75, 3.05) is 26.3 Å². The van der Waals surface area contributed by atoms with Crippen molar-refractivity contribution in [3.63, 3.8) is 0 Å². The largest absolute Gasteiger partial charge is 0.396 e. The molecular weight excluding hydrogens is 191 g/mol. The van der Waals surface area contributed by atoms with E-state index in [-0.39, 0.29) is 51.1 Å². The molecule has 6 N–H and O–H groups in total. The van der Waals surface area contributed by atoms with Crippen molar-refractivity contribution in [2.24, 2.45) is 16.9 Å². The Morgan fingerprint density at radius 3 is 1.18 bits per heavy atom. The van der Waals surface area contributed by atoms with Gasteiger partial charge in [-0.05, 0) is 0 Å². The van der Waals surface area contributed by atoms with Gasteiger partial charge in [-0.1, -0.05) is 0 Å². The number of aliphatic hydroxyl groups excluding tert-OH is 2. The third-order valence-corrected chi connectivity index (χ3v) is 1.54. The van der Waals surface area contributed by atoms with Crippen molar-refractivity contribution in [3.05, 3.63) is 0 Å². The molecule has 0 aromatic carbocycles. The number of halogens is 2. The average Bonchev–Trinajstić information content (AvgIpc) is 1.95. The van der Waals surface area contributed by atoms with E-state index in [0.717, 1.165) is 0 Å². The number of nitrogens with two attached hydrogens (primary N) is 2. The van der Waals surface area contributed by atoms with Crippen LogP contribution >= 0.6 is 24.8 Å². The van der Waals surface area contributed by atoms with Gasteiger partial charge in [-0.25, -0.2) is 0 Å². The first-order valence-corrected chi connectivity index (χ1v) is 2.86. The number of hydrogen-bond donors (Lipinski definition) is 4. The lowest BCUT2D eigenvalue weighted by Gasteiger charge is -2.25. The van der Waals surface area contributed by atoms with E-state index in [1.165, 1.54) is 0 Å². The summed E-state index contributed by atoms with van der Waals surface area (Å²) in [7, 11) is 0. The summed E-state index contributed by atoms with van der Waals surface area (Å²) in [5.74, 6) is 0. The third-order valence-electron chi connectivity index (χ3n) is 1.54. The van der Waals surface area contributed by atoms with Gasteiger partial charge < -0.3 is 21.7 Å². The topological polar surface area (TPSA) is 92.5 Å². The van der Waals surface area contributed by atoms with Crippen LogP contribution in [0.1, 0.15) is 0 Å². The first kappa shape index (κ1) is 17.5. The van der Waals surface area contributed by atoms with Gasteiger partial charge in [-0.2, -0.15) is 0 Å². The van der Waals surface area contributed by atoms with Crippen molar-refractivity contribution in [1.82, 2.24) is 0 Å². The minimum Gasteiger partial charge on any atom is -0.396 e. The lowest BCUT2D eigenvalue weighted by molar-refractivity contribution is 0.0688.